The van der Waals surface area contributed by atoms with Crippen LogP contribution >= 0.6 is 11.3 Å². The van der Waals surface area contributed by atoms with Gasteiger partial charge in [-0.25, -0.2) is 4.99 Å². The highest BCUT2D eigenvalue weighted by Gasteiger charge is 2.17. The molecule has 3 rings (SSSR count). The summed E-state index contributed by atoms with van der Waals surface area (Å²) >= 11 is 1.83. The molecule has 0 aliphatic heterocycles. The van der Waals surface area contributed by atoms with Crippen LogP contribution in [0.15, 0.2) is 22.5 Å². The van der Waals surface area contributed by atoms with Gasteiger partial charge in [-0.1, -0.05) is 25.8 Å². The molecule has 7 heteroatoms. The fraction of sp³-hybridized carbons (Fsp3) is 0.632. The van der Waals surface area contributed by atoms with Crippen molar-refractivity contribution < 1.29 is 0 Å². The van der Waals surface area contributed by atoms with Gasteiger partial charge in [-0.15, -0.1) is 21.5 Å². The van der Waals surface area contributed by atoms with E-state index in [0.29, 0.717) is 18.5 Å². The minimum absolute atomic E-state index is 0.537. The van der Waals surface area contributed by atoms with Crippen molar-refractivity contribution in [1.82, 2.24) is 25.4 Å². The Morgan fingerprint density at radius 2 is 2.19 bits per heavy atom. The zero-order valence-electron chi connectivity index (χ0n) is 16.0. The molecule has 6 nitrogen and oxygen atoms in total. The highest BCUT2D eigenvalue weighted by atomic mass is 32.1. The maximum atomic E-state index is 4.77. The standard InChI is InChI=1S/C19H30N6S/c1-14(11-17-9-6-10-26-17)12-20-19(22-16-7-4-5-8-16)21-13-18-24-23-15(2)25(18)3/h6,9-10,14,16H,4-5,7-8,11-13H2,1-3H3,(H2,20,21,22). The highest BCUT2D eigenvalue weighted by molar-refractivity contribution is 7.09. The largest absolute Gasteiger partial charge is 0.356 e. The molecule has 0 bridgehead atoms. The third-order valence-electron chi connectivity index (χ3n) is 5.01. The molecule has 1 aliphatic rings. The van der Waals surface area contributed by atoms with Crippen LogP contribution in [-0.4, -0.2) is 33.3 Å². The average molecular weight is 375 g/mol. The molecule has 2 aromatic rings. The van der Waals surface area contributed by atoms with Crippen molar-refractivity contribution >= 4 is 17.3 Å². The number of aromatic nitrogens is 3. The van der Waals surface area contributed by atoms with Gasteiger partial charge in [0.25, 0.3) is 0 Å². The third kappa shape index (κ3) is 5.30. The van der Waals surface area contributed by atoms with E-state index in [1.165, 1.54) is 30.6 Å². The fourth-order valence-electron chi connectivity index (χ4n) is 3.27. The van der Waals surface area contributed by atoms with Gasteiger partial charge < -0.3 is 15.2 Å². The summed E-state index contributed by atoms with van der Waals surface area (Å²) in [5.41, 5.74) is 0. The van der Waals surface area contributed by atoms with Crippen molar-refractivity contribution in [2.45, 2.75) is 58.5 Å². The lowest BCUT2D eigenvalue weighted by Crippen LogP contribution is -2.44. The summed E-state index contributed by atoms with van der Waals surface area (Å²) in [7, 11) is 1.99. The van der Waals surface area contributed by atoms with Crippen molar-refractivity contribution in [3.8, 4) is 0 Å². The lowest BCUT2D eigenvalue weighted by Gasteiger charge is -2.19. The number of nitrogens with one attached hydrogen (secondary N) is 2. The van der Waals surface area contributed by atoms with E-state index >= 15 is 0 Å². The monoisotopic (exact) mass is 374 g/mol. The Hall–Kier alpha value is -1.89. The van der Waals surface area contributed by atoms with E-state index in [2.05, 4.69) is 45.3 Å². The first-order chi connectivity index (χ1) is 12.6. The minimum Gasteiger partial charge on any atom is -0.356 e. The van der Waals surface area contributed by atoms with E-state index < -0.39 is 0 Å². The SMILES string of the molecule is Cc1nnc(CN=C(NCC(C)Cc2cccs2)NC2CCCC2)n1C. The summed E-state index contributed by atoms with van der Waals surface area (Å²) in [6.07, 6.45) is 6.18. The maximum Gasteiger partial charge on any atom is 0.191 e. The Morgan fingerprint density at radius 3 is 2.85 bits per heavy atom. The molecule has 0 amide bonds. The Bertz CT molecular complexity index is 700. The highest BCUT2D eigenvalue weighted by Crippen LogP contribution is 2.17. The maximum absolute atomic E-state index is 4.77. The van der Waals surface area contributed by atoms with Gasteiger partial charge in [0.2, 0.25) is 0 Å². The Balaban J connectivity index is 1.58. The first-order valence-electron chi connectivity index (χ1n) is 9.54. The first-order valence-corrected chi connectivity index (χ1v) is 10.4. The van der Waals surface area contributed by atoms with Crippen LogP contribution in [0.2, 0.25) is 0 Å². The van der Waals surface area contributed by atoms with Gasteiger partial charge in [0.05, 0.1) is 0 Å². The van der Waals surface area contributed by atoms with E-state index in [9.17, 15) is 0 Å². The quantitative estimate of drug-likeness (QED) is 0.577. The molecule has 0 radical (unpaired) electrons. The summed E-state index contributed by atoms with van der Waals surface area (Å²) in [6, 6.07) is 4.87. The zero-order valence-corrected chi connectivity index (χ0v) is 16.9. The first kappa shape index (κ1) is 18.9. The molecule has 0 aromatic carbocycles. The van der Waals surface area contributed by atoms with Gasteiger partial charge in [-0.05, 0) is 43.6 Å². The van der Waals surface area contributed by atoms with Gasteiger partial charge >= 0.3 is 0 Å². The topological polar surface area (TPSA) is 67.1 Å². The second kappa shape index (κ2) is 9.16. The van der Waals surface area contributed by atoms with Crippen LogP contribution in [0.3, 0.4) is 0 Å². The number of nitrogens with zero attached hydrogens (tertiary/aromatic N) is 4. The predicted molar refractivity (Wildman–Crippen MR) is 107 cm³/mol. The molecule has 2 heterocycles. The van der Waals surface area contributed by atoms with Crippen molar-refractivity contribution in [1.29, 1.82) is 0 Å². The van der Waals surface area contributed by atoms with Gasteiger partial charge in [0.1, 0.15) is 12.4 Å². The Morgan fingerprint density at radius 1 is 1.38 bits per heavy atom. The number of hydrogen-bond acceptors (Lipinski definition) is 4. The van der Waals surface area contributed by atoms with Gasteiger partial charge in [0.15, 0.2) is 11.8 Å². The normalized spacial score (nSPS) is 16.8. The molecule has 1 saturated carbocycles. The van der Waals surface area contributed by atoms with Crippen molar-refractivity contribution in [2.75, 3.05) is 6.54 Å². The number of rotatable bonds is 7. The summed E-state index contributed by atoms with van der Waals surface area (Å²) < 4.78 is 2.00. The van der Waals surface area contributed by atoms with Crippen LogP contribution in [0.1, 0.15) is 49.1 Å². The molecule has 2 N–H and O–H groups in total. The Labute approximate surface area is 160 Å². The second-order valence-electron chi connectivity index (χ2n) is 7.28. The van der Waals surface area contributed by atoms with Crippen molar-refractivity contribution in [3.05, 3.63) is 34.0 Å². The van der Waals surface area contributed by atoms with E-state index in [4.69, 9.17) is 4.99 Å². The van der Waals surface area contributed by atoms with Crippen molar-refractivity contribution in [2.24, 2.45) is 18.0 Å². The molecule has 0 saturated heterocycles. The summed E-state index contributed by atoms with van der Waals surface area (Å²) in [6.45, 7) is 5.70. The zero-order chi connectivity index (χ0) is 18.4. The fourth-order valence-corrected chi connectivity index (χ4v) is 4.14. The molecule has 1 atom stereocenters. The Kier molecular flexibility index (Phi) is 6.66. The van der Waals surface area contributed by atoms with E-state index in [1.807, 2.05) is 29.9 Å². The molecular formula is C19H30N6S. The molecule has 142 valence electrons. The van der Waals surface area contributed by atoms with Crippen LogP contribution in [0, 0.1) is 12.8 Å². The predicted octanol–water partition coefficient (Wildman–Crippen LogP) is 3.04. The molecular weight excluding hydrogens is 344 g/mol. The van der Waals surface area contributed by atoms with Crippen LogP contribution in [-0.2, 0) is 20.0 Å². The smallest absolute Gasteiger partial charge is 0.191 e. The van der Waals surface area contributed by atoms with E-state index in [0.717, 1.165) is 30.6 Å². The van der Waals surface area contributed by atoms with Gasteiger partial charge in [-0.2, -0.15) is 0 Å². The number of aliphatic imine (C=N–C) groups is 1. The number of guanidine groups is 1. The van der Waals surface area contributed by atoms with Crippen LogP contribution in [0.4, 0.5) is 0 Å². The lowest BCUT2D eigenvalue weighted by molar-refractivity contribution is 0.547. The van der Waals surface area contributed by atoms with Crippen LogP contribution < -0.4 is 10.6 Å². The minimum atomic E-state index is 0.537. The van der Waals surface area contributed by atoms with Gasteiger partial charge in [-0.3, -0.25) is 0 Å². The molecule has 1 unspecified atom stereocenters. The average Bonchev–Trinajstić information content (AvgIpc) is 3.37. The van der Waals surface area contributed by atoms with Gasteiger partial charge in [0, 0.05) is 24.5 Å². The molecule has 26 heavy (non-hydrogen) atoms. The number of aryl methyl sites for hydroxylation is 1. The van der Waals surface area contributed by atoms with E-state index in [-0.39, 0.29) is 0 Å². The summed E-state index contributed by atoms with van der Waals surface area (Å²) in [5, 5.41) is 17.6. The molecule has 2 aromatic heterocycles. The molecule has 1 fully saturated rings. The summed E-state index contributed by atoms with van der Waals surface area (Å²) in [5.74, 6) is 3.26. The van der Waals surface area contributed by atoms with Crippen LogP contribution in [0.25, 0.3) is 0 Å². The molecule has 1 aliphatic carbocycles. The second-order valence-corrected chi connectivity index (χ2v) is 8.31. The number of hydrogen-bond donors (Lipinski definition) is 2. The number of thiophene rings is 1. The summed E-state index contributed by atoms with van der Waals surface area (Å²) in [4.78, 5) is 6.22. The van der Waals surface area contributed by atoms with Crippen molar-refractivity contribution in [3.63, 3.8) is 0 Å². The van der Waals surface area contributed by atoms with E-state index in [1.54, 1.807) is 0 Å². The lowest BCUT2D eigenvalue weighted by atomic mass is 10.1. The van der Waals surface area contributed by atoms with Crippen LogP contribution in [0.5, 0.6) is 0 Å². The third-order valence-corrected chi connectivity index (χ3v) is 5.90. The molecule has 0 spiro atoms.